The van der Waals surface area contributed by atoms with Gasteiger partial charge in [-0.25, -0.2) is 14.5 Å². The molecule has 150 valence electrons. The van der Waals surface area contributed by atoms with Gasteiger partial charge in [0, 0.05) is 37.1 Å². The number of benzene rings is 1. The first-order chi connectivity index (χ1) is 14.8. The fourth-order valence-corrected chi connectivity index (χ4v) is 4.10. The number of aromatic nitrogens is 4. The first kappa shape index (κ1) is 18.3. The molecule has 1 N–H and O–H groups in total. The van der Waals surface area contributed by atoms with Gasteiger partial charge in [0.25, 0.3) is 0 Å². The van der Waals surface area contributed by atoms with E-state index in [-0.39, 0.29) is 6.03 Å². The molecule has 5 rings (SSSR count). The Morgan fingerprint density at radius 3 is 2.73 bits per heavy atom. The molecule has 0 unspecified atom stereocenters. The summed E-state index contributed by atoms with van der Waals surface area (Å²) in [5, 5.41) is 9.66. The first-order valence-corrected chi connectivity index (χ1v) is 10.1. The van der Waals surface area contributed by atoms with E-state index in [4.69, 9.17) is 0 Å². The Hall–Kier alpha value is -3.74. The van der Waals surface area contributed by atoms with Gasteiger partial charge in [-0.05, 0) is 47.9 Å². The van der Waals surface area contributed by atoms with Crippen molar-refractivity contribution in [1.29, 1.82) is 0 Å². The second-order valence-electron chi connectivity index (χ2n) is 7.50. The van der Waals surface area contributed by atoms with Gasteiger partial charge in [-0.3, -0.25) is 4.98 Å². The first-order valence-electron chi connectivity index (χ1n) is 10.1. The highest BCUT2D eigenvalue weighted by Crippen LogP contribution is 2.33. The summed E-state index contributed by atoms with van der Waals surface area (Å²) in [6, 6.07) is 14.0. The summed E-state index contributed by atoms with van der Waals surface area (Å²) in [5.41, 5.74) is 2.01. The van der Waals surface area contributed by atoms with Gasteiger partial charge in [0.05, 0.1) is 18.1 Å². The minimum absolute atomic E-state index is 0.0869. The maximum Gasteiger partial charge on any atom is 0.321 e. The zero-order valence-corrected chi connectivity index (χ0v) is 16.5. The quantitative estimate of drug-likeness (QED) is 0.560. The highest BCUT2D eigenvalue weighted by Gasteiger charge is 2.25. The zero-order valence-electron chi connectivity index (χ0n) is 16.5. The van der Waals surface area contributed by atoms with Crippen molar-refractivity contribution >= 4 is 22.5 Å². The minimum atomic E-state index is -0.0869. The number of anilines is 1. The number of carbonyl (C=O) groups excluding carboxylic acids is 1. The van der Waals surface area contributed by atoms with Crippen molar-refractivity contribution in [2.75, 3.05) is 18.4 Å². The van der Waals surface area contributed by atoms with E-state index in [1.807, 2.05) is 35.5 Å². The minimum Gasteiger partial charge on any atom is -0.324 e. The van der Waals surface area contributed by atoms with Gasteiger partial charge in [0.2, 0.25) is 0 Å². The largest absolute Gasteiger partial charge is 0.324 e. The van der Waals surface area contributed by atoms with Crippen LogP contribution in [0.1, 0.15) is 24.3 Å². The van der Waals surface area contributed by atoms with E-state index >= 15 is 0 Å². The van der Waals surface area contributed by atoms with Crippen molar-refractivity contribution in [3.8, 4) is 5.82 Å². The summed E-state index contributed by atoms with van der Waals surface area (Å²) >= 11 is 0. The number of hydrogen-bond donors (Lipinski definition) is 1. The van der Waals surface area contributed by atoms with E-state index in [0.717, 1.165) is 25.9 Å². The lowest BCUT2D eigenvalue weighted by Crippen LogP contribution is -2.40. The van der Waals surface area contributed by atoms with Crippen LogP contribution in [0.5, 0.6) is 0 Å². The molecule has 0 aliphatic carbocycles. The molecule has 0 saturated carbocycles. The van der Waals surface area contributed by atoms with E-state index < -0.39 is 0 Å². The van der Waals surface area contributed by atoms with Crippen LogP contribution in [0.4, 0.5) is 10.5 Å². The van der Waals surface area contributed by atoms with Crippen molar-refractivity contribution in [2.45, 2.75) is 18.8 Å². The van der Waals surface area contributed by atoms with Crippen LogP contribution in [0.3, 0.4) is 0 Å². The highest BCUT2D eigenvalue weighted by atomic mass is 16.2. The molecule has 7 heteroatoms. The van der Waals surface area contributed by atoms with Gasteiger partial charge < -0.3 is 10.2 Å². The highest BCUT2D eigenvalue weighted by molar-refractivity contribution is 5.89. The normalized spacial score (nSPS) is 14.7. The van der Waals surface area contributed by atoms with Crippen LogP contribution >= 0.6 is 0 Å². The Balaban J connectivity index is 1.23. The molecular formula is C23H22N6O. The molecule has 2 amide bonds. The van der Waals surface area contributed by atoms with Crippen molar-refractivity contribution in [3.63, 3.8) is 0 Å². The lowest BCUT2D eigenvalue weighted by molar-refractivity contribution is 0.195. The average molecular weight is 398 g/mol. The summed E-state index contributed by atoms with van der Waals surface area (Å²) in [6.45, 7) is 1.46. The molecule has 1 fully saturated rings. The summed E-state index contributed by atoms with van der Waals surface area (Å²) in [7, 11) is 0. The summed E-state index contributed by atoms with van der Waals surface area (Å²) in [6.07, 6.45) is 10.8. The number of rotatable bonds is 3. The van der Waals surface area contributed by atoms with Gasteiger partial charge in [-0.1, -0.05) is 24.3 Å². The number of nitrogens with zero attached hydrogens (tertiary/aromatic N) is 5. The third-order valence-electron chi connectivity index (χ3n) is 5.65. The Labute approximate surface area is 174 Å². The van der Waals surface area contributed by atoms with Crippen LogP contribution in [0.25, 0.3) is 16.6 Å². The Bertz CT molecular complexity index is 1160. The van der Waals surface area contributed by atoms with Crippen molar-refractivity contribution in [2.24, 2.45) is 0 Å². The molecule has 1 saturated heterocycles. The summed E-state index contributed by atoms with van der Waals surface area (Å²) in [4.78, 5) is 23.1. The van der Waals surface area contributed by atoms with Crippen molar-refractivity contribution < 1.29 is 4.79 Å². The monoisotopic (exact) mass is 398 g/mol. The lowest BCUT2D eigenvalue weighted by atomic mass is 9.87. The molecule has 4 aromatic rings. The lowest BCUT2D eigenvalue weighted by Gasteiger charge is -2.32. The molecule has 3 aromatic heterocycles. The van der Waals surface area contributed by atoms with Gasteiger partial charge in [-0.15, -0.1) is 0 Å². The number of piperidine rings is 1. The Kier molecular flexibility index (Phi) is 4.85. The SMILES string of the molecule is O=C(Nc1cnn(-c2ccccn2)c1)N1CCC(c2cccc3cnccc23)CC1. The molecule has 1 aliphatic heterocycles. The van der Waals surface area contributed by atoms with Crippen LogP contribution < -0.4 is 5.32 Å². The second-order valence-corrected chi connectivity index (χ2v) is 7.50. The standard InChI is InChI=1S/C23H22N6O/c30-23(27-19-15-26-29(16-19)22-6-1-2-10-25-22)28-12-8-17(9-13-28)20-5-3-4-18-14-24-11-7-21(18)20/h1-7,10-11,14-17H,8-9,12-13H2,(H,27,30). The Morgan fingerprint density at radius 2 is 1.90 bits per heavy atom. The van der Waals surface area contributed by atoms with Crippen molar-refractivity contribution in [3.05, 3.63) is 79.0 Å². The number of likely N-dealkylation sites (tertiary alicyclic amines) is 1. The molecule has 1 aromatic carbocycles. The van der Waals surface area contributed by atoms with E-state index in [1.165, 1.54) is 16.3 Å². The maximum atomic E-state index is 12.7. The second kappa shape index (κ2) is 7.94. The van der Waals surface area contributed by atoms with E-state index in [9.17, 15) is 4.79 Å². The molecular weight excluding hydrogens is 376 g/mol. The summed E-state index contributed by atoms with van der Waals surface area (Å²) in [5.74, 6) is 1.16. The van der Waals surface area contributed by atoms with Gasteiger partial charge >= 0.3 is 6.03 Å². The Morgan fingerprint density at radius 1 is 1.00 bits per heavy atom. The molecule has 0 spiro atoms. The predicted molar refractivity (Wildman–Crippen MR) is 116 cm³/mol. The van der Waals surface area contributed by atoms with Crippen molar-refractivity contribution in [1.82, 2.24) is 24.6 Å². The third-order valence-corrected chi connectivity index (χ3v) is 5.65. The summed E-state index contributed by atoms with van der Waals surface area (Å²) < 4.78 is 1.65. The fraction of sp³-hybridized carbons (Fsp3) is 0.217. The van der Waals surface area contributed by atoms with E-state index in [2.05, 4.69) is 44.6 Å². The van der Waals surface area contributed by atoms with E-state index in [1.54, 1.807) is 23.3 Å². The molecule has 0 atom stereocenters. The zero-order chi connectivity index (χ0) is 20.3. The molecule has 0 radical (unpaired) electrons. The van der Waals surface area contributed by atoms with Crippen LogP contribution in [0, 0.1) is 0 Å². The number of carbonyl (C=O) groups is 1. The number of nitrogens with one attached hydrogen (secondary N) is 1. The van der Waals surface area contributed by atoms with Crippen LogP contribution in [-0.4, -0.2) is 43.8 Å². The smallest absolute Gasteiger partial charge is 0.321 e. The fourth-order valence-electron chi connectivity index (χ4n) is 4.10. The number of pyridine rings is 2. The molecule has 7 nitrogen and oxygen atoms in total. The topological polar surface area (TPSA) is 75.9 Å². The molecule has 1 aliphatic rings. The maximum absolute atomic E-state index is 12.7. The number of hydrogen-bond acceptors (Lipinski definition) is 4. The van der Waals surface area contributed by atoms with Crippen LogP contribution in [-0.2, 0) is 0 Å². The van der Waals surface area contributed by atoms with Gasteiger partial charge in [0.1, 0.15) is 0 Å². The van der Waals surface area contributed by atoms with Gasteiger partial charge in [0.15, 0.2) is 5.82 Å². The number of amides is 2. The third kappa shape index (κ3) is 3.61. The van der Waals surface area contributed by atoms with Crippen LogP contribution in [0.2, 0.25) is 0 Å². The van der Waals surface area contributed by atoms with Crippen LogP contribution in [0.15, 0.2) is 73.4 Å². The molecule has 4 heterocycles. The number of urea groups is 1. The van der Waals surface area contributed by atoms with E-state index in [0.29, 0.717) is 17.4 Å². The molecule has 30 heavy (non-hydrogen) atoms. The predicted octanol–water partition coefficient (Wildman–Crippen LogP) is 4.23. The number of fused-ring (bicyclic) bond motifs is 1. The average Bonchev–Trinajstić information content (AvgIpc) is 3.28. The molecule has 0 bridgehead atoms. The van der Waals surface area contributed by atoms with Gasteiger partial charge in [-0.2, -0.15) is 5.10 Å².